The van der Waals surface area contributed by atoms with E-state index in [1.54, 1.807) is 24.3 Å². The number of amides is 1. The van der Waals surface area contributed by atoms with Crippen LogP contribution in [0.1, 0.15) is 8.35 Å². The van der Waals surface area contributed by atoms with Crippen LogP contribution in [-0.4, -0.2) is 24.0 Å². The van der Waals surface area contributed by atoms with Gasteiger partial charge >= 0.3 is 29.6 Å². The van der Waals surface area contributed by atoms with Gasteiger partial charge in [-0.1, -0.05) is 17.7 Å². The Bertz CT molecular complexity index is 1220. The van der Waals surface area contributed by atoms with E-state index < -0.39 is 26.7 Å². The number of nitrogens with zero attached hydrogens (tertiary/aromatic N) is 2. The first-order valence-electron chi connectivity index (χ1n) is 7.88. The minimum atomic E-state index is -4.55. The van der Waals surface area contributed by atoms with Gasteiger partial charge < -0.3 is 11.8 Å². The molecular weight excluding hydrogens is 429 g/mol. The van der Waals surface area contributed by atoms with E-state index in [1.807, 2.05) is 0 Å². The number of fused-ring (bicyclic) bond motifs is 1. The second-order valence-electron chi connectivity index (χ2n) is 5.80. The quantitative estimate of drug-likeness (QED) is 0.322. The molecule has 0 fully saturated rings. The molecule has 0 aliphatic heterocycles. The average molecular weight is 444 g/mol. The standard InChI is InChI=1S/C18H14ClN3O5S.Na.H/c1-10(23)20-14-8-9-16(28(25,26)27)13-6-7-15(18(24)17(13)14)22-21-12-4-2-11(19)3-5-12;;/h2-9,24H,1H3,(H,20,23)(H,25,26,27);;/q;+1;-1. The Morgan fingerprint density at radius 1 is 1.07 bits per heavy atom. The number of azo groups is 1. The van der Waals surface area contributed by atoms with Crippen molar-refractivity contribution < 1.29 is 53.9 Å². The van der Waals surface area contributed by atoms with Crippen molar-refractivity contribution >= 4 is 55.5 Å². The Morgan fingerprint density at radius 3 is 2.31 bits per heavy atom. The largest absolute Gasteiger partial charge is 1.00 e. The first kappa shape index (κ1) is 23.3. The SMILES string of the molecule is CC(=O)Nc1ccc(S(=O)(=O)O)c2ccc(N=Nc3ccc(Cl)cc3)c(O)c12.[H-].[Na+]. The molecule has 146 valence electrons. The predicted molar refractivity (Wildman–Crippen MR) is 106 cm³/mol. The molecule has 0 aliphatic carbocycles. The molecule has 3 N–H and O–H groups in total. The summed E-state index contributed by atoms with van der Waals surface area (Å²) < 4.78 is 32.7. The van der Waals surface area contributed by atoms with Gasteiger partial charge in [-0.25, -0.2) is 0 Å². The van der Waals surface area contributed by atoms with Gasteiger partial charge in [0.1, 0.15) is 10.6 Å². The molecule has 1 amide bonds. The fourth-order valence-corrected chi connectivity index (χ4v) is 3.42. The summed E-state index contributed by atoms with van der Waals surface area (Å²) in [6.45, 7) is 1.27. The molecule has 0 heterocycles. The summed E-state index contributed by atoms with van der Waals surface area (Å²) in [5.74, 6) is -0.821. The maximum atomic E-state index is 11.6. The van der Waals surface area contributed by atoms with Crippen LogP contribution in [0.2, 0.25) is 5.02 Å². The summed E-state index contributed by atoms with van der Waals surface area (Å²) in [5.41, 5.74) is 0.690. The van der Waals surface area contributed by atoms with E-state index in [1.165, 1.54) is 25.1 Å². The third-order valence-corrected chi connectivity index (χ3v) is 4.95. The van der Waals surface area contributed by atoms with Crippen LogP contribution in [0.25, 0.3) is 10.8 Å². The second-order valence-corrected chi connectivity index (χ2v) is 7.63. The smallest absolute Gasteiger partial charge is 1.00 e. The average Bonchev–Trinajstić information content (AvgIpc) is 2.61. The van der Waals surface area contributed by atoms with Gasteiger partial charge in [-0.2, -0.15) is 13.5 Å². The Hall–Kier alpha value is -2.01. The zero-order valence-electron chi connectivity index (χ0n) is 16.4. The third kappa shape index (κ3) is 5.33. The number of carbonyl (C=O) groups is 1. The molecule has 11 heteroatoms. The van der Waals surface area contributed by atoms with Crippen LogP contribution in [0, 0.1) is 0 Å². The maximum Gasteiger partial charge on any atom is 1.00 e. The van der Waals surface area contributed by atoms with Crippen LogP contribution in [0.3, 0.4) is 0 Å². The van der Waals surface area contributed by atoms with Crippen LogP contribution in [0.15, 0.2) is 63.7 Å². The Morgan fingerprint density at radius 2 is 1.72 bits per heavy atom. The van der Waals surface area contributed by atoms with Gasteiger partial charge in [0.2, 0.25) is 5.91 Å². The number of phenolic OH excluding ortho intramolecular Hbond substituents is 1. The van der Waals surface area contributed by atoms with Crippen LogP contribution in [0.4, 0.5) is 17.1 Å². The van der Waals surface area contributed by atoms with Crippen molar-refractivity contribution in [1.82, 2.24) is 0 Å². The molecule has 0 saturated carbocycles. The molecule has 8 nitrogen and oxygen atoms in total. The number of anilines is 1. The van der Waals surface area contributed by atoms with Crippen LogP contribution >= 0.6 is 11.6 Å². The molecule has 3 aromatic carbocycles. The van der Waals surface area contributed by atoms with E-state index >= 15 is 0 Å². The minimum absolute atomic E-state index is 0. The van der Waals surface area contributed by atoms with E-state index in [2.05, 4.69) is 15.5 Å². The fraction of sp³-hybridized carbons (Fsp3) is 0.0556. The molecule has 0 saturated heterocycles. The van der Waals surface area contributed by atoms with E-state index in [4.69, 9.17) is 11.6 Å². The van der Waals surface area contributed by atoms with Gasteiger partial charge in [0.05, 0.1) is 16.8 Å². The fourth-order valence-electron chi connectivity index (χ4n) is 2.61. The molecule has 0 radical (unpaired) electrons. The molecule has 3 aromatic rings. The first-order valence-corrected chi connectivity index (χ1v) is 9.69. The van der Waals surface area contributed by atoms with Crippen molar-refractivity contribution in [3.63, 3.8) is 0 Å². The number of benzene rings is 3. The number of halogens is 1. The molecule has 0 aromatic heterocycles. The van der Waals surface area contributed by atoms with Crippen LogP contribution in [0.5, 0.6) is 5.75 Å². The second kappa shape index (κ2) is 9.21. The summed E-state index contributed by atoms with van der Waals surface area (Å²) in [6.07, 6.45) is 0. The zero-order valence-corrected chi connectivity index (χ0v) is 19.0. The number of hydrogen-bond donors (Lipinski definition) is 3. The molecule has 29 heavy (non-hydrogen) atoms. The van der Waals surface area contributed by atoms with E-state index in [0.717, 1.165) is 6.07 Å². The molecule has 3 rings (SSSR count). The van der Waals surface area contributed by atoms with Gasteiger partial charge in [-0.15, -0.1) is 5.11 Å². The number of aromatic hydroxyl groups is 1. The monoisotopic (exact) mass is 443 g/mol. The van der Waals surface area contributed by atoms with Crippen molar-refractivity contribution in [2.24, 2.45) is 10.2 Å². The topological polar surface area (TPSA) is 128 Å². The van der Waals surface area contributed by atoms with Crippen molar-refractivity contribution in [2.45, 2.75) is 11.8 Å². The van der Waals surface area contributed by atoms with Crippen molar-refractivity contribution in [3.05, 3.63) is 53.6 Å². The Labute approximate surface area is 195 Å². The maximum absolute atomic E-state index is 11.6. The van der Waals surface area contributed by atoms with Gasteiger partial charge in [-0.05, 0) is 42.5 Å². The molecule has 0 bridgehead atoms. The van der Waals surface area contributed by atoms with E-state index in [9.17, 15) is 22.9 Å². The molecular formula is C18H15ClN3NaO5S. The summed E-state index contributed by atoms with van der Waals surface area (Å²) in [5, 5.41) is 21.7. The number of carbonyl (C=O) groups excluding carboxylic acids is 1. The van der Waals surface area contributed by atoms with Gasteiger partial charge in [-0.3, -0.25) is 9.35 Å². The summed E-state index contributed by atoms with van der Waals surface area (Å²) in [6, 6.07) is 11.6. The Balaban J connectivity index is 0.00000225. The number of hydrogen-bond acceptors (Lipinski definition) is 6. The zero-order chi connectivity index (χ0) is 20.5. The summed E-state index contributed by atoms with van der Waals surface area (Å²) in [4.78, 5) is 11.1. The number of nitrogens with one attached hydrogen (secondary N) is 1. The van der Waals surface area contributed by atoms with Gasteiger partial charge in [0.25, 0.3) is 10.1 Å². The normalized spacial score (nSPS) is 11.4. The Kier molecular flexibility index (Phi) is 7.39. The van der Waals surface area contributed by atoms with Crippen LogP contribution in [-0.2, 0) is 14.9 Å². The minimum Gasteiger partial charge on any atom is -1.00 e. The molecule has 0 unspecified atom stereocenters. The van der Waals surface area contributed by atoms with Gasteiger partial charge in [0, 0.05) is 17.3 Å². The summed E-state index contributed by atoms with van der Waals surface area (Å²) in [7, 11) is -4.55. The van der Waals surface area contributed by atoms with Crippen molar-refractivity contribution in [2.75, 3.05) is 5.32 Å². The molecule has 0 atom stereocenters. The van der Waals surface area contributed by atoms with E-state index in [-0.39, 0.29) is 53.1 Å². The number of phenols is 1. The van der Waals surface area contributed by atoms with E-state index in [0.29, 0.717) is 10.7 Å². The molecule has 0 aliphatic rings. The van der Waals surface area contributed by atoms with Gasteiger partial charge in [0.15, 0.2) is 5.75 Å². The first-order chi connectivity index (χ1) is 13.2. The van der Waals surface area contributed by atoms with Crippen molar-refractivity contribution in [3.8, 4) is 5.75 Å². The van der Waals surface area contributed by atoms with Crippen molar-refractivity contribution in [1.29, 1.82) is 0 Å². The summed E-state index contributed by atoms with van der Waals surface area (Å²) >= 11 is 5.81. The predicted octanol–water partition coefficient (Wildman–Crippen LogP) is 1.94. The third-order valence-electron chi connectivity index (χ3n) is 3.78. The van der Waals surface area contributed by atoms with Crippen LogP contribution < -0.4 is 34.9 Å². The molecule has 0 spiro atoms. The number of rotatable bonds is 4.